The monoisotopic (exact) mass is 546 g/mol. The summed E-state index contributed by atoms with van der Waals surface area (Å²) in [5.74, 6) is -2.34. The minimum Gasteiger partial charge on any atom is -0.479 e. The fraction of sp³-hybridized carbons (Fsp3) is 0.423. The Morgan fingerprint density at radius 3 is 2.08 bits per heavy atom. The number of aliphatic carboxylic acids is 1. The number of aryl methyl sites for hydroxylation is 1. The number of piperazine rings is 1. The second-order valence-corrected chi connectivity index (χ2v) is 11.3. The molecule has 1 fully saturated rings. The van der Waals surface area contributed by atoms with Crippen LogP contribution in [-0.4, -0.2) is 93.0 Å². The molecule has 0 saturated carbocycles. The number of carbonyl (C=O) groups excluding carboxylic acids is 2. The fourth-order valence-electron chi connectivity index (χ4n) is 4.10. The van der Waals surface area contributed by atoms with E-state index in [0.717, 1.165) is 12.5 Å². The highest BCUT2D eigenvalue weighted by atomic mass is 32.2. The van der Waals surface area contributed by atoms with Crippen LogP contribution in [0.25, 0.3) is 0 Å². The molecule has 1 heterocycles. The van der Waals surface area contributed by atoms with Crippen molar-refractivity contribution in [2.75, 3.05) is 44.6 Å². The average Bonchev–Trinajstić information content (AvgIpc) is 2.89. The molecule has 0 aliphatic carbocycles. The Morgan fingerprint density at radius 2 is 1.58 bits per heavy atom. The molecule has 0 aromatic heterocycles. The van der Waals surface area contributed by atoms with Gasteiger partial charge in [-0.15, -0.1) is 0 Å². The lowest BCUT2D eigenvalue weighted by Gasteiger charge is -2.38. The first-order valence-corrected chi connectivity index (χ1v) is 13.6. The minimum atomic E-state index is -4.54. The van der Waals surface area contributed by atoms with E-state index in [-0.39, 0.29) is 16.3 Å². The second-order valence-electron chi connectivity index (χ2n) is 9.49. The molecule has 11 nitrogen and oxygen atoms in total. The van der Waals surface area contributed by atoms with E-state index < -0.39 is 39.4 Å². The predicted molar refractivity (Wildman–Crippen MR) is 142 cm³/mol. The molecule has 1 aliphatic rings. The van der Waals surface area contributed by atoms with Crippen LogP contribution in [0.4, 0.5) is 10.5 Å². The number of anilines is 1. The topological polar surface area (TPSA) is 137 Å². The summed E-state index contributed by atoms with van der Waals surface area (Å²) in [6, 6.07) is 10.3. The Hall–Kier alpha value is -3.48. The van der Waals surface area contributed by atoms with Crippen molar-refractivity contribution >= 4 is 33.6 Å². The van der Waals surface area contributed by atoms with Gasteiger partial charge in [-0.3, -0.25) is 4.79 Å². The third kappa shape index (κ3) is 5.82. The highest BCUT2D eigenvalue weighted by molar-refractivity contribution is 7.93. The van der Waals surface area contributed by atoms with Gasteiger partial charge < -0.3 is 25.0 Å². The third-order valence-electron chi connectivity index (χ3n) is 6.73. The van der Waals surface area contributed by atoms with Crippen LogP contribution in [0.3, 0.4) is 0 Å². The van der Waals surface area contributed by atoms with Crippen molar-refractivity contribution in [1.82, 2.24) is 15.1 Å². The number of likely N-dealkylation sites (N-methyl/N-ethyl adjacent to an activating group) is 2. The maximum atomic E-state index is 13.9. The first kappa shape index (κ1) is 29.1. The predicted octanol–water partition coefficient (Wildman–Crippen LogP) is 1.96. The molecule has 3 rings (SSSR count). The number of nitrogens with one attached hydrogen (secondary N) is 1. The zero-order chi connectivity index (χ0) is 28.3. The van der Waals surface area contributed by atoms with Gasteiger partial charge in [-0.1, -0.05) is 17.7 Å². The van der Waals surface area contributed by atoms with E-state index in [1.807, 2.05) is 7.05 Å². The summed E-state index contributed by atoms with van der Waals surface area (Å²) < 4.78 is 33.9. The molecule has 2 aromatic carbocycles. The van der Waals surface area contributed by atoms with Gasteiger partial charge in [0.2, 0.25) is 5.54 Å². The molecule has 0 spiro atoms. The molecule has 1 amide bonds. The number of sulfonamides is 1. The fourth-order valence-corrected chi connectivity index (χ4v) is 5.84. The van der Waals surface area contributed by atoms with Crippen molar-refractivity contribution < 1.29 is 32.6 Å². The number of hydrogen-bond acceptors (Lipinski definition) is 8. The van der Waals surface area contributed by atoms with E-state index >= 15 is 0 Å². The number of rotatable bonds is 9. The standard InChI is InChI=1S/C26H34N4O7S/c1-18-6-12-22(13-7-18)38(35,36)30(26(3,24(32)33)23(31)19(2)27-4)20-8-10-21(11-9-20)37-25(34)29-16-14-28(5)15-17-29/h6-13,19,27H,14-17H2,1-5H3,(H,32,33)/t19-,26+/m0/s1. The van der Waals surface area contributed by atoms with Gasteiger partial charge in [-0.2, -0.15) is 0 Å². The Kier molecular flexibility index (Phi) is 8.80. The molecule has 0 bridgehead atoms. The van der Waals surface area contributed by atoms with E-state index in [1.165, 1.54) is 50.4 Å². The number of carboxylic acids is 1. The molecular formula is C26H34N4O7S. The SMILES string of the molecule is CN[C@@H](C)C(=O)[C@](C)(C(=O)O)N(c1ccc(OC(=O)N2CCN(C)CC2)cc1)S(=O)(=O)c1ccc(C)cc1. The normalized spacial score (nSPS) is 16.8. The Balaban J connectivity index is 2.04. The maximum absolute atomic E-state index is 13.9. The average molecular weight is 547 g/mol. The first-order chi connectivity index (χ1) is 17.8. The van der Waals surface area contributed by atoms with Crippen LogP contribution in [0.5, 0.6) is 5.75 Å². The molecule has 1 aliphatic heterocycles. The van der Waals surface area contributed by atoms with Gasteiger partial charge in [-0.25, -0.2) is 22.3 Å². The van der Waals surface area contributed by atoms with Crippen LogP contribution < -0.4 is 14.4 Å². The lowest BCUT2D eigenvalue weighted by atomic mass is 9.91. The summed E-state index contributed by atoms with van der Waals surface area (Å²) in [4.78, 5) is 42.0. The summed E-state index contributed by atoms with van der Waals surface area (Å²) in [6.07, 6.45) is -0.539. The van der Waals surface area contributed by atoms with E-state index in [1.54, 1.807) is 24.0 Å². The number of amides is 1. The Labute approximate surface area is 223 Å². The number of benzene rings is 2. The van der Waals surface area contributed by atoms with Crippen LogP contribution in [0.1, 0.15) is 19.4 Å². The quantitative estimate of drug-likeness (QED) is 0.452. The Morgan fingerprint density at radius 1 is 1.03 bits per heavy atom. The molecule has 2 aromatic rings. The van der Waals surface area contributed by atoms with Gasteiger partial charge in [0, 0.05) is 26.2 Å². The lowest BCUT2D eigenvalue weighted by Crippen LogP contribution is -2.64. The molecule has 2 N–H and O–H groups in total. The van der Waals surface area contributed by atoms with Crippen molar-refractivity contribution in [2.24, 2.45) is 0 Å². The molecule has 0 radical (unpaired) electrons. The summed E-state index contributed by atoms with van der Waals surface area (Å²) in [5, 5.41) is 12.9. The van der Waals surface area contributed by atoms with Crippen molar-refractivity contribution in [1.29, 1.82) is 0 Å². The lowest BCUT2D eigenvalue weighted by molar-refractivity contribution is -0.147. The maximum Gasteiger partial charge on any atom is 0.415 e. The summed E-state index contributed by atoms with van der Waals surface area (Å²) in [5.41, 5.74) is -1.76. The van der Waals surface area contributed by atoms with Crippen LogP contribution >= 0.6 is 0 Å². The molecule has 2 atom stereocenters. The number of nitrogens with zero attached hydrogens (tertiary/aromatic N) is 3. The molecule has 1 saturated heterocycles. The zero-order valence-electron chi connectivity index (χ0n) is 22.2. The van der Waals surface area contributed by atoms with Crippen molar-refractivity contribution in [3.8, 4) is 5.75 Å². The number of ether oxygens (including phenoxy) is 1. The van der Waals surface area contributed by atoms with Crippen molar-refractivity contribution in [3.05, 3.63) is 54.1 Å². The van der Waals surface area contributed by atoms with Gasteiger partial charge in [-0.05, 0) is 71.3 Å². The molecule has 0 unspecified atom stereocenters. The van der Waals surface area contributed by atoms with Crippen molar-refractivity contribution in [3.63, 3.8) is 0 Å². The number of carboxylic acid groups (broad SMARTS) is 1. The van der Waals surface area contributed by atoms with Crippen LogP contribution in [0.15, 0.2) is 53.4 Å². The van der Waals surface area contributed by atoms with Crippen molar-refractivity contribution in [2.45, 2.75) is 37.2 Å². The number of carbonyl (C=O) groups is 3. The highest BCUT2D eigenvalue weighted by Crippen LogP contribution is 2.34. The number of ketones is 1. The van der Waals surface area contributed by atoms with Gasteiger partial charge in [0.05, 0.1) is 16.6 Å². The van der Waals surface area contributed by atoms with E-state index in [9.17, 15) is 27.9 Å². The summed E-state index contributed by atoms with van der Waals surface area (Å²) in [6.45, 7) is 6.77. The molecule has 12 heteroatoms. The third-order valence-corrected chi connectivity index (χ3v) is 8.65. The number of Topliss-reactive ketones (excluding diaryl/α,β-unsaturated/α-hetero) is 1. The number of hydrogen-bond donors (Lipinski definition) is 2. The summed E-state index contributed by atoms with van der Waals surface area (Å²) >= 11 is 0. The first-order valence-electron chi connectivity index (χ1n) is 12.1. The van der Waals surface area contributed by atoms with Crippen LogP contribution in [0.2, 0.25) is 0 Å². The van der Waals surface area contributed by atoms with Crippen LogP contribution in [-0.2, 0) is 19.6 Å². The van der Waals surface area contributed by atoms with E-state index in [2.05, 4.69) is 10.2 Å². The van der Waals surface area contributed by atoms with Gasteiger partial charge in [0.25, 0.3) is 10.0 Å². The zero-order valence-corrected chi connectivity index (χ0v) is 23.0. The molecule has 38 heavy (non-hydrogen) atoms. The smallest absolute Gasteiger partial charge is 0.415 e. The summed E-state index contributed by atoms with van der Waals surface area (Å²) in [7, 11) is -1.09. The van der Waals surface area contributed by atoms with Gasteiger partial charge in [0.15, 0.2) is 5.78 Å². The van der Waals surface area contributed by atoms with Gasteiger partial charge >= 0.3 is 12.1 Å². The molecule has 206 valence electrons. The van der Waals surface area contributed by atoms with Gasteiger partial charge in [0.1, 0.15) is 5.75 Å². The Bertz CT molecular complexity index is 1270. The molecular weight excluding hydrogens is 512 g/mol. The van der Waals surface area contributed by atoms with Crippen LogP contribution in [0, 0.1) is 6.92 Å². The largest absolute Gasteiger partial charge is 0.479 e. The minimum absolute atomic E-state index is 0.0773. The highest BCUT2D eigenvalue weighted by Gasteiger charge is 2.53. The van der Waals surface area contributed by atoms with E-state index in [4.69, 9.17) is 4.74 Å². The second kappa shape index (κ2) is 11.5. The van der Waals surface area contributed by atoms with E-state index in [0.29, 0.717) is 30.5 Å².